The van der Waals surface area contributed by atoms with E-state index < -0.39 is 75.8 Å². The van der Waals surface area contributed by atoms with E-state index in [1.807, 2.05) is 0 Å². The van der Waals surface area contributed by atoms with Gasteiger partial charge in [-0.2, -0.15) is 0 Å². The summed E-state index contributed by atoms with van der Waals surface area (Å²) in [6.45, 7) is 9.63. The Hall–Kier alpha value is -1.69. The number of hydrogen-bond acceptors (Lipinski definition) is 3. The molecular formula is C26H26F11IO3S. The summed E-state index contributed by atoms with van der Waals surface area (Å²) in [5.74, 6) is -37.9. The quantitative estimate of drug-likeness (QED) is 0.226. The van der Waals surface area contributed by atoms with E-state index in [9.17, 15) is 52.3 Å². The minimum atomic E-state index is -7.60. The molecule has 1 aliphatic carbocycles. The fourth-order valence-corrected chi connectivity index (χ4v) is 13.6. The standard InChI is InChI=1S/C26H26F11IO3S/c1-19(2,3)15-11-7-9-13-17(15)38(18-14-10-8-12-16(18)20(4,5)6)41-42(39,40)26(37)24(33,34)22(29,30)21(27,28)23(31,32)25(26,35)36/h7-14H,1-6H3. The van der Waals surface area contributed by atoms with E-state index in [0.717, 1.165) is 0 Å². The first-order valence-corrected chi connectivity index (χ1v) is 16.4. The summed E-state index contributed by atoms with van der Waals surface area (Å²) in [7, 11) is -7.60. The summed E-state index contributed by atoms with van der Waals surface area (Å²) in [4.78, 5) is 0. The molecule has 0 radical (unpaired) electrons. The summed E-state index contributed by atoms with van der Waals surface area (Å²) in [6.07, 6.45) is 0. The van der Waals surface area contributed by atoms with Crippen LogP contribution >= 0.6 is 20.2 Å². The van der Waals surface area contributed by atoms with Crippen LogP contribution in [0.15, 0.2) is 48.5 Å². The molecule has 0 spiro atoms. The normalized spacial score (nSPS) is 22.8. The molecule has 3 rings (SSSR count). The molecule has 1 aliphatic rings. The van der Waals surface area contributed by atoms with Crippen molar-refractivity contribution in [1.29, 1.82) is 0 Å². The first kappa shape index (κ1) is 34.8. The Morgan fingerprint density at radius 1 is 0.548 bits per heavy atom. The monoisotopic (exact) mass is 754 g/mol. The SMILES string of the molecule is CC(C)(C)c1ccccc1I(OS(=O)(=O)C1(F)C(F)(F)C(F)(F)C(F)(F)C(F)(F)C1(F)F)c1ccccc1C(C)(C)C. The molecule has 2 aromatic carbocycles. The number of alkyl halides is 11. The number of benzene rings is 2. The Kier molecular flexibility index (Phi) is 8.21. The van der Waals surface area contributed by atoms with E-state index >= 15 is 4.39 Å². The van der Waals surface area contributed by atoms with E-state index in [-0.39, 0.29) is 18.3 Å². The minimum absolute atomic E-state index is 0.121. The van der Waals surface area contributed by atoms with Crippen LogP contribution in [0.2, 0.25) is 0 Å². The van der Waals surface area contributed by atoms with Crippen molar-refractivity contribution in [3.05, 3.63) is 66.8 Å². The average molecular weight is 754 g/mol. The van der Waals surface area contributed by atoms with Crippen molar-refractivity contribution in [3.8, 4) is 0 Å². The molecule has 238 valence electrons. The van der Waals surface area contributed by atoms with Crippen LogP contribution in [0.4, 0.5) is 48.3 Å². The second-order valence-electron chi connectivity index (χ2n) is 11.7. The van der Waals surface area contributed by atoms with Gasteiger partial charge in [-0.15, -0.1) is 0 Å². The van der Waals surface area contributed by atoms with Gasteiger partial charge >= 0.3 is 243 Å². The van der Waals surface area contributed by atoms with Crippen LogP contribution in [0.3, 0.4) is 0 Å². The molecule has 0 aliphatic heterocycles. The van der Waals surface area contributed by atoms with Gasteiger partial charge in [0.15, 0.2) is 0 Å². The first-order valence-electron chi connectivity index (χ1n) is 12.0. The molecule has 0 aromatic heterocycles. The molecule has 0 saturated heterocycles. The second kappa shape index (κ2) is 9.91. The third-order valence-corrected chi connectivity index (χ3v) is 14.6. The molecule has 2 aromatic rings. The average Bonchev–Trinajstić information content (AvgIpc) is 2.84. The molecule has 16 heteroatoms. The molecule has 3 nitrogen and oxygen atoms in total. The molecule has 0 N–H and O–H groups in total. The van der Waals surface area contributed by atoms with Crippen LogP contribution in [0.5, 0.6) is 0 Å². The van der Waals surface area contributed by atoms with Gasteiger partial charge in [0.2, 0.25) is 0 Å². The number of hydrogen-bond donors (Lipinski definition) is 0. The summed E-state index contributed by atoms with van der Waals surface area (Å²) < 4.78 is 190. The van der Waals surface area contributed by atoms with Crippen LogP contribution in [-0.4, -0.2) is 43.0 Å². The fraction of sp³-hybridized carbons (Fsp3) is 0.538. The Balaban J connectivity index is 2.44. The number of rotatable bonds is 5. The summed E-state index contributed by atoms with van der Waals surface area (Å²) in [5, 5.41) is -7.33. The Morgan fingerprint density at radius 2 is 0.833 bits per heavy atom. The molecule has 0 heterocycles. The van der Waals surface area contributed by atoms with Gasteiger partial charge in [-0.25, -0.2) is 0 Å². The molecule has 1 saturated carbocycles. The van der Waals surface area contributed by atoms with E-state index in [0.29, 0.717) is 0 Å². The Labute approximate surface area is 242 Å². The maximum absolute atomic E-state index is 15.8. The van der Waals surface area contributed by atoms with Crippen LogP contribution in [-0.2, 0) is 23.5 Å². The second-order valence-corrected chi connectivity index (χ2v) is 18.1. The molecule has 1 fully saturated rings. The maximum atomic E-state index is 15.8. The van der Waals surface area contributed by atoms with Crippen LogP contribution in [0.1, 0.15) is 52.7 Å². The molecule has 0 bridgehead atoms. The Morgan fingerprint density at radius 3 is 1.14 bits per heavy atom. The Bertz CT molecular complexity index is 1370. The van der Waals surface area contributed by atoms with Gasteiger partial charge < -0.3 is 0 Å². The third kappa shape index (κ3) is 4.55. The zero-order valence-electron chi connectivity index (χ0n) is 22.8. The van der Waals surface area contributed by atoms with Crippen molar-refractivity contribution < 1.29 is 59.2 Å². The topological polar surface area (TPSA) is 43.4 Å². The van der Waals surface area contributed by atoms with Crippen molar-refractivity contribution in [2.75, 3.05) is 0 Å². The van der Waals surface area contributed by atoms with E-state index in [2.05, 4.69) is 0 Å². The first-order chi connectivity index (χ1) is 18.6. The molecule has 42 heavy (non-hydrogen) atoms. The molecular weight excluding hydrogens is 728 g/mol. The van der Waals surface area contributed by atoms with Crippen LogP contribution in [0.25, 0.3) is 0 Å². The van der Waals surface area contributed by atoms with Gasteiger partial charge in [0.25, 0.3) is 0 Å². The van der Waals surface area contributed by atoms with Crippen molar-refractivity contribution in [1.82, 2.24) is 0 Å². The summed E-state index contributed by atoms with van der Waals surface area (Å²) in [5.41, 5.74) is -1.31. The zero-order valence-corrected chi connectivity index (χ0v) is 25.8. The van der Waals surface area contributed by atoms with E-state index in [4.69, 9.17) is 2.51 Å². The molecule has 0 amide bonds. The van der Waals surface area contributed by atoms with E-state index in [1.165, 1.54) is 48.5 Å². The van der Waals surface area contributed by atoms with Gasteiger partial charge in [-0.3, -0.25) is 0 Å². The van der Waals surface area contributed by atoms with Gasteiger partial charge in [0, 0.05) is 0 Å². The van der Waals surface area contributed by atoms with Crippen LogP contribution < -0.4 is 0 Å². The summed E-state index contributed by atoms with van der Waals surface area (Å²) >= 11 is -4.63. The van der Waals surface area contributed by atoms with Gasteiger partial charge in [0.05, 0.1) is 0 Å². The van der Waals surface area contributed by atoms with Crippen molar-refractivity contribution >= 4 is 30.4 Å². The van der Waals surface area contributed by atoms with Crippen molar-refractivity contribution in [2.45, 2.75) is 87.0 Å². The van der Waals surface area contributed by atoms with E-state index in [1.54, 1.807) is 41.5 Å². The van der Waals surface area contributed by atoms with Crippen molar-refractivity contribution in [2.24, 2.45) is 0 Å². The van der Waals surface area contributed by atoms with Gasteiger partial charge in [-0.05, 0) is 0 Å². The fourth-order valence-electron chi connectivity index (χ4n) is 4.25. The predicted molar refractivity (Wildman–Crippen MR) is 140 cm³/mol. The predicted octanol–water partition coefficient (Wildman–Crippen LogP) is 8.94. The molecule has 0 atom stereocenters. The summed E-state index contributed by atoms with van der Waals surface area (Å²) in [6, 6.07) is 10.8. The third-order valence-electron chi connectivity index (χ3n) is 6.61. The van der Waals surface area contributed by atoms with Gasteiger partial charge in [-0.1, -0.05) is 0 Å². The molecule has 0 unspecified atom stereocenters. The van der Waals surface area contributed by atoms with Crippen LogP contribution in [0, 0.1) is 7.14 Å². The van der Waals surface area contributed by atoms with Crippen molar-refractivity contribution in [3.63, 3.8) is 0 Å². The number of halogens is 12. The zero-order chi connectivity index (χ0) is 32.8. The van der Waals surface area contributed by atoms with Gasteiger partial charge in [0.1, 0.15) is 0 Å².